The van der Waals surface area contributed by atoms with Crippen molar-refractivity contribution in [2.24, 2.45) is 0 Å². The van der Waals surface area contributed by atoms with Gasteiger partial charge in [0.15, 0.2) is 0 Å². The Morgan fingerprint density at radius 1 is 1.55 bits per heavy atom. The van der Waals surface area contributed by atoms with Crippen LogP contribution in [0.3, 0.4) is 0 Å². The van der Waals surface area contributed by atoms with Gasteiger partial charge in [-0.05, 0) is 25.7 Å². The van der Waals surface area contributed by atoms with Crippen LogP contribution in [-0.4, -0.2) is 46.3 Å². The number of aromatic nitrogens is 1. The molecule has 1 aromatic heterocycles. The molecular formula is C14H23N3O3. The summed E-state index contributed by atoms with van der Waals surface area (Å²) in [6, 6.07) is 1.75. The molecule has 0 saturated carbocycles. The molecule has 2 rings (SSSR count). The Kier molecular flexibility index (Phi) is 4.45. The first-order valence-electron chi connectivity index (χ1n) is 7.07. The van der Waals surface area contributed by atoms with E-state index < -0.39 is 5.60 Å². The number of carbonyl (C=O) groups excluding carboxylic acids is 1. The number of anilines is 1. The van der Waals surface area contributed by atoms with Crippen molar-refractivity contribution in [2.45, 2.75) is 45.1 Å². The minimum Gasteiger partial charge on any atom is -0.390 e. The Labute approximate surface area is 119 Å². The van der Waals surface area contributed by atoms with E-state index in [1.165, 1.54) is 0 Å². The zero-order valence-corrected chi connectivity index (χ0v) is 12.3. The number of nitrogens with zero attached hydrogens (tertiary/aromatic N) is 2. The summed E-state index contributed by atoms with van der Waals surface area (Å²) >= 11 is 0. The normalized spacial score (nSPS) is 19.2. The van der Waals surface area contributed by atoms with Crippen LogP contribution in [0, 0.1) is 0 Å². The summed E-state index contributed by atoms with van der Waals surface area (Å²) in [5, 5.41) is 16.5. The maximum atomic E-state index is 11.9. The molecule has 1 amide bonds. The number of hydrogen-bond donors (Lipinski definition) is 2. The molecular weight excluding hydrogens is 258 g/mol. The van der Waals surface area contributed by atoms with Crippen LogP contribution in [0.1, 0.15) is 45.2 Å². The van der Waals surface area contributed by atoms with Crippen LogP contribution in [0.25, 0.3) is 0 Å². The molecule has 0 unspecified atom stereocenters. The van der Waals surface area contributed by atoms with Crippen LogP contribution < -0.4 is 5.32 Å². The van der Waals surface area contributed by atoms with Crippen molar-refractivity contribution >= 4 is 11.8 Å². The first-order valence-corrected chi connectivity index (χ1v) is 7.07. The zero-order chi connectivity index (χ0) is 14.8. The summed E-state index contributed by atoms with van der Waals surface area (Å²) in [5.74, 6) is 0.550. The third kappa shape index (κ3) is 4.05. The number of hydrogen-bond acceptors (Lipinski definition) is 5. The molecule has 1 aromatic rings. The van der Waals surface area contributed by atoms with Gasteiger partial charge in [-0.15, -0.1) is 0 Å². The number of rotatable bonds is 4. The van der Waals surface area contributed by atoms with Gasteiger partial charge in [0, 0.05) is 19.2 Å². The lowest BCUT2D eigenvalue weighted by molar-refractivity contribution is -0.118. The molecule has 0 radical (unpaired) electrons. The van der Waals surface area contributed by atoms with Crippen LogP contribution in [-0.2, 0) is 4.79 Å². The van der Waals surface area contributed by atoms with E-state index in [-0.39, 0.29) is 11.8 Å². The summed E-state index contributed by atoms with van der Waals surface area (Å²) in [7, 11) is 0. The molecule has 6 nitrogen and oxygen atoms in total. The molecule has 1 aliphatic heterocycles. The highest BCUT2D eigenvalue weighted by molar-refractivity contribution is 5.90. The topological polar surface area (TPSA) is 78.6 Å². The fourth-order valence-electron chi connectivity index (χ4n) is 2.19. The van der Waals surface area contributed by atoms with Gasteiger partial charge in [0.05, 0.1) is 17.8 Å². The highest BCUT2D eigenvalue weighted by Crippen LogP contribution is 2.21. The Morgan fingerprint density at radius 3 is 2.75 bits per heavy atom. The SMILES string of the molecule is CC(C)c1cc(NC(=O)CN2CCC(C)(O)CC2)on1. The number of aliphatic hydroxyl groups is 1. The number of likely N-dealkylation sites (tertiary alicyclic amines) is 1. The lowest BCUT2D eigenvalue weighted by atomic mass is 9.94. The van der Waals surface area contributed by atoms with Crippen LogP contribution >= 0.6 is 0 Å². The number of amides is 1. The van der Waals surface area contributed by atoms with Crippen LogP contribution in [0.15, 0.2) is 10.6 Å². The number of carbonyl (C=O) groups is 1. The summed E-state index contributed by atoms with van der Waals surface area (Å²) in [6.45, 7) is 7.65. The highest BCUT2D eigenvalue weighted by Gasteiger charge is 2.28. The Morgan fingerprint density at radius 2 is 2.20 bits per heavy atom. The van der Waals surface area contributed by atoms with E-state index in [0.29, 0.717) is 25.3 Å². The lowest BCUT2D eigenvalue weighted by Gasteiger charge is -2.35. The average molecular weight is 281 g/mol. The first kappa shape index (κ1) is 15.0. The van der Waals surface area contributed by atoms with Crippen molar-refractivity contribution in [1.82, 2.24) is 10.1 Å². The third-order valence-corrected chi connectivity index (χ3v) is 3.68. The Balaban J connectivity index is 1.80. The van der Waals surface area contributed by atoms with Gasteiger partial charge < -0.3 is 9.63 Å². The molecule has 0 aliphatic carbocycles. The molecule has 0 atom stereocenters. The van der Waals surface area contributed by atoms with E-state index in [2.05, 4.69) is 10.5 Å². The van der Waals surface area contributed by atoms with E-state index in [9.17, 15) is 9.90 Å². The van der Waals surface area contributed by atoms with E-state index >= 15 is 0 Å². The molecule has 2 N–H and O–H groups in total. The second-order valence-electron chi connectivity index (χ2n) is 6.09. The van der Waals surface area contributed by atoms with E-state index in [4.69, 9.17) is 4.52 Å². The van der Waals surface area contributed by atoms with Gasteiger partial charge in [-0.1, -0.05) is 19.0 Å². The van der Waals surface area contributed by atoms with Crippen molar-refractivity contribution in [3.05, 3.63) is 11.8 Å². The molecule has 2 heterocycles. The van der Waals surface area contributed by atoms with Crippen LogP contribution in [0.2, 0.25) is 0 Å². The van der Waals surface area contributed by atoms with Gasteiger partial charge in [-0.2, -0.15) is 0 Å². The fraction of sp³-hybridized carbons (Fsp3) is 0.714. The largest absolute Gasteiger partial charge is 0.390 e. The van der Waals surface area contributed by atoms with Crippen LogP contribution in [0.4, 0.5) is 5.88 Å². The molecule has 1 fully saturated rings. The summed E-state index contributed by atoms with van der Waals surface area (Å²) in [4.78, 5) is 14.0. The van der Waals surface area contributed by atoms with E-state index in [1.807, 2.05) is 25.7 Å². The van der Waals surface area contributed by atoms with Gasteiger partial charge >= 0.3 is 0 Å². The molecule has 1 aliphatic rings. The predicted octanol–water partition coefficient (Wildman–Crippen LogP) is 1.58. The van der Waals surface area contributed by atoms with E-state index in [1.54, 1.807) is 6.07 Å². The van der Waals surface area contributed by atoms with Crippen LogP contribution in [0.5, 0.6) is 0 Å². The standard InChI is InChI=1S/C14H23N3O3/c1-10(2)11-8-13(20-16-11)15-12(18)9-17-6-4-14(3,19)5-7-17/h8,10,19H,4-7,9H2,1-3H3,(H,15,18). The van der Waals surface area contributed by atoms with Gasteiger partial charge in [0.2, 0.25) is 11.8 Å². The lowest BCUT2D eigenvalue weighted by Crippen LogP contribution is -2.45. The zero-order valence-electron chi connectivity index (χ0n) is 12.3. The highest BCUT2D eigenvalue weighted by atomic mass is 16.5. The maximum absolute atomic E-state index is 11.9. The van der Waals surface area contributed by atoms with Crippen molar-refractivity contribution in [1.29, 1.82) is 0 Å². The molecule has 1 saturated heterocycles. The molecule has 6 heteroatoms. The minimum absolute atomic E-state index is 0.113. The van der Waals surface area contributed by atoms with Gasteiger partial charge in [0.1, 0.15) is 0 Å². The minimum atomic E-state index is -0.593. The second-order valence-corrected chi connectivity index (χ2v) is 6.09. The van der Waals surface area contributed by atoms with Gasteiger partial charge in [0.25, 0.3) is 0 Å². The second kappa shape index (κ2) is 5.93. The fourth-order valence-corrected chi connectivity index (χ4v) is 2.19. The van der Waals surface area contributed by atoms with Gasteiger partial charge in [-0.25, -0.2) is 0 Å². The molecule has 0 aromatic carbocycles. The maximum Gasteiger partial charge on any atom is 0.240 e. The Bertz CT molecular complexity index is 458. The monoisotopic (exact) mass is 281 g/mol. The smallest absolute Gasteiger partial charge is 0.240 e. The molecule has 0 bridgehead atoms. The van der Waals surface area contributed by atoms with Crippen molar-refractivity contribution in [2.75, 3.05) is 25.0 Å². The third-order valence-electron chi connectivity index (χ3n) is 3.68. The first-order chi connectivity index (χ1) is 9.35. The summed E-state index contributed by atoms with van der Waals surface area (Å²) in [6.07, 6.45) is 1.39. The number of piperidine rings is 1. The predicted molar refractivity (Wildman–Crippen MR) is 75.5 cm³/mol. The van der Waals surface area contributed by atoms with Crippen molar-refractivity contribution in [3.8, 4) is 0 Å². The number of nitrogens with one attached hydrogen (secondary N) is 1. The molecule has 112 valence electrons. The Hall–Kier alpha value is -1.40. The van der Waals surface area contributed by atoms with Crippen molar-refractivity contribution < 1.29 is 14.4 Å². The van der Waals surface area contributed by atoms with E-state index in [0.717, 1.165) is 18.8 Å². The summed E-state index contributed by atoms with van der Waals surface area (Å²) < 4.78 is 5.08. The molecule has 20 heavy (non-hydrogen) atoms. The van der Waals surface area contributed by atoms with Crippen molar-refractivity contribution in [3.63, 3.8) is 0 Å². The van der Waals surface area contributed by atoms with Gasteiger partial charge in [-0.3, -0.25) is 15.0 Å². The molecule has 0 spiro atoms. The summed E-state index contributed by atoms with van der Waals surface area (Å²) in [5.41, 5.74) is 0.235. The quantitative estimate of drug-likeness (QED) is 0.876. The average Bonchev–Trinajstić information content (AvgIpc) is 2.80.